The number of anilines is 1. The number of hydrogen-bond donors (Lipinski definition) is 0. The number of methoxy groups -OCH3 is 1. The molecule has 8 nitrogen and oxygen atoms in total. The van der Waals surface area contributed by atoms with Gasteiger partial charge >= 0.3 is 19.2 Å². The highest BCUT2D eigenvalue weighted by atomic mass is 16.7. The van der Waals surface area contributed by atoms with Gasteiger partial charge in [-0.1, -0.05) is 48.5 Å². The predicted molar refractivity (Wildman–Crippen MR) is 167 cm³/mol. The zero-order valence-corrected chi connectivity index (χ0v) is 25.8. The van der Waals surface area contributed by atoms with Crippen LogP contribution in [-0.2, 0) is 18.8 Å². The standard InChI is InChI=1S/C34H39BN2O6/c1-22-28(31(38)40-6)19-23(20-30(22)35-42-33(2,3)34(4,5)43-35)36-15-17-37(18-16-36)32(39)41-21-29-26-13-9-7-11-24(26)25-12-8-10-14-27(25)29/h7-14,19-20,29H,15-18,21H2,1-6H3. The van der Waals surface area contributed by atoms with E-state index in [1.165, 1.54) is 29.4 Å². The Hall–Kier alpha value is -3.82. The van der Waals surface area contributed by atoms with Gasteiger partial charge in [0.2, 0.25) is 0 Å². The summed E-state index contributed by atoms with van der Waals surface area (Å²) in [5.41, 5.74) is 6.68. The lowest BCUT2D eigenvalue weighted by atomic mass is 9.74. The van der Waals surface area contributed by atoms with E-state index in [1.54, 1.807) is 4.90 Å². The van der Waals surface area contributed by atoms with E-state index in [2.05, 4.69) is 29.2 Å². The van der Waals surface area contributed by atoms with Crippen LogP contribution in [0.4, 0.5) is 10.5 Å². The molecule has 224 valence electrons. The Labute approximate surface area is 254 Å². The lowest BCUT2D eigenvalue weighted by Gasteiger charge is -2.36. The maximum Gasteiger partial charge on any atom is 0.495 e. The number of hydrogen-bond acceptors (Lipinski definition) is 7. The van der Waals surface area contributed by atoms with Gasteiger partial charge in [-0.15, -0.1) is 0 Å². The van der Waals surface area contributed by atoms with Gasteiger partial charge in [-0.3, -0.25) is 0 Å². The second-order valence-electron chi connectivity index (χ2n) is 12.6. The SMILES string of the molecule is COC(=O)c1cc(N2CCN(C(=O)OCC3c4ccccc4-c4ccccc43)CC2)cc(B2OC(C)(C)C(C)(C)O2)c1C. The maximum absolute atomic E-state index is 13.2. The van der Waals surface area contributed by atoms with Crippen LogP contribution in [0.2, 0.25) is 0 Å². The minimum atomic E-state index is -0.615. The zero-order chi connectivity index (χ0) is 30.5. The van der Waals surface area contributed by atoms with Crippen molar-refractivity contribution in [2.45, 2.75) is 51.7 Å². The molecule has 0 aromatic heterocycles. The summed E-state index contributed by atoms with van der Waals surface area (Å²) >= 11 is 0. The van der Waals surface area contributed by atoms with Crippen molar-refractivity contribution in [2.75, 3.05) is 44.8 Å². The molecular weight excluding hydrogens is 543 g/mol. The molecule has 0 bridgehead atoms. The highest BCUT2D eigenvalue weighted by Crippen LogP contribution is 2.44. The van der Waals surface area contributed by atoms with E-state index < -0.39 is 24.3 Å². The summed E-state index contributed by atoms with van der Waals surface area (Å²) in [6.45, 7) is 12.4. The number of esters is 1. The van der Waals surface area contributed by atoms with E-state index in [4.69, 9.17) is 18.8 Å². The predicted octanol–water partition coefficient (Wildman–Crippen LogP) is 5.15. The summed E-state index contributed by atoms with van der Waals surface area (Å²) in [5.74, 6) is -0.385. The van der Waals surface area contributed by atoms with Crippen molar-refractivity contribution in [1.29, 1.82) is 0 Å². The van der Waals surface area contributed by atoms with Crippen molar-refractivity contribution in [2.24, 2.45) is 0 Å². The molecule has 3 aromatic rings. The van der Waals surface area contributed by atoms with Crippen molar-refractivity contribution in [3.63, 3.8) is 0 Å². The van der Waals surface area contributed by atoms with E-state index >= 15 is 0 Å². The van der Waals surface area contributed by atoms with Crippen LogP contribution in [0, 0.1) is 6.92 Å². The molecule has 2 aliphatic heterocycles. The number of nitrogens with zero attached hydrogens (tertiary/aromatic N) is 2. The minimum absolute atomic E-state index is 0.0235. The normalized spacial score (nSPS) is 18.8. The number of benzene rings is 3. The summed E-state index contributed by atoms with van der Waals surface area (Å²) in [7, 11) is 0.770. The molecule has 0 unspecified atom stereocenters. The fourth-order valence-corrected chi connectivity index (χ4v) is 6.27. The maximum atomic E-state index is 13.2. The summed E-state index contributed by atoms with van der Waals surface area (Å²) < 4.78 is 23.7. The Kier molecular flexibility index (Phi) is 7.51. The van der Waals surface area contributed by atoms with Crippen LogP contribution in [0.25, 0.3) is 11.1 Å². The molecule has 2 fully saturated rings. The average Bonchev–Trinajstić information content (AvgIpc) is 3.44. The largest absolute Gasteiger partial charge is 0.495 e. The quantitative estimate of drug-likeness (QED) is 0.304. The van der Waals surface area contributed by atoms with E-state index in [1.807, 2.05) is 71.0 Å². The molecule has 2 heterocycles. The third-order valence-electron chi connectivity index (χ3n) is 9.58. The van der Waals surface area contributed by atoms with Gasteiger partial charge in [0.25, 0.3) is 0 Å². The summed E-state index contributed by atoms with van der Waals surface area (Å²) in [6.07, 6.45) is -0.307. The van der Waals surface area contributed by atoms with Crippen molar-refractivity contribution >= 4 is 30.3 Å². The van der Waals surface area contributed by atoms with Crippen LogP contribution in [0.3, 0.4) is 0 Å². The molecule has 43 heavy (non-hydrogen) atoms. The van der Waals surface area contributed by atoms with Crippen molar-refractivity contribution < 1.29 is 28.4 Å². The molecule has 3 aromatic carbocycles. The molecule has 9 heteroatoms. The fraction of sp³-hybridized carbons (Fsp3) is 0.412. The molecule has 2 saturated heterocycles. The first-order valence-corrected chi connectivity index (χ1v) is 14.9. The summed E-state index contributed by atoms with van der Waals surface area (Å²) in [4.78, 5) is 29.9. The molecule has 0 N–H and O–H groups in total. The van der Waals surface area contributed by atoms with E-state index in [-0.39, 0.29) is 12.0 Å². The molecule has 0 spiro atoms. The van der Waals surface area contributed by atoms with Crippen LogP contribution < -0.4 is 10.4 Å². The van der Waals surface area contributed by atoms with Gasteiger partial charge < -0.3 is 28.6 Å². The highest BCUT2D eigenvalue weighted by molar-refractivity contribution is 6.63. The first kappa shape index (κ1) is 29.3. The van der Waals surface area contributed by atoms with Crippen LogP contribution in [0.15, 0.2) is 60.7 Å². The number of ether oxygens (including phenoxy) is 2. The molecule has 1 aliphatic carbocycles. The smallest absolute Gasteiger partial charge is 0.465 e. The lowest BCUT2D eigenvalue weighted by Crippen LogP contribution is -2.49. The molecule has 3 aliphatic rings. The van der Waals surface area contributed by atoms with Crippen LogP contribution >= 0.6 is 0 Å². The number of fused-ring (bicyclic) bond motifs is 3. The Balaban J connectivity index is 1.15. The summed E-state index contributed by atoms with van der Waals surface area (Å²) in [5, 5.41) is 0. The van der Waals surface area contributed by atoms with Crippen molar-refractivity contribution in [1.82, 2.24) is 4.90 Å². The molecular formula is C34H39BN2O6. The van der Waals surface area contributed by atoms with Crippen molar-refractivity contribution in [3.8, 4) is 11.1 Å². The van der Waals surface area contributed by atoms with Crippen LogP contribution in [0.5, 0.6) is 0 Å². The third-order valence-corrected chi connectivity index (χ3v) is 9.58. The second-order valence-corrected chi connectivity index (χ2v) is 12.6. The van der Waals surface area contributed by atoms with Gasteiger partial charge in [0, 0.05) is 37.8 Å². The third kappa shape index (κ3) is 5.19. The Morgan fingerprint density at radius 2 is 1.44 bits per heavy atom. The van der Waals surface area contributed by atoms with Crippen LogP contribution in [-0.4, -0.2) is 75.2 Å². The topological polar surface area (TPSA) is 77.5 Å². The van der Waals surface area contributed by atoms with E-state index in [0.29, 0.717) is 38.3 Å². The first-order valence-electron chi connectivity index (χ1n) is 14.9. The molecule has 0 atom stereocenters. The second kappa shape index (κ2) is 11.0. The fourth-order valence-electron chi connectivity index (χ4n) is 6.27. The minimum Gasteiger partial charge on any atom is -0.465 e. The summed E-state index contributed by atoms with van der Waals surface area (Å²) in [6, 6.07) is 20.6. The molecule has 6 rings (SSSR count). The van der Waals surface area contributed by atoms with Gasteiger partial charge in [0.05, 0.1) is 23.9 Å². The van der Waals surface area contributed by atoms with Crippen LogP contribution in [0.1, 0.15) is 60.7 Å². The monoisotopic (exact) mass is 582 g/mol. The van der Waals surface area contributed by atoms with E-state index in [9.17, 15) is 9.59 Å². The van der Waals surface area contributed by atoms with E-state index in [0.717, 1.165) is 16.7 Å². The zero-order valence-electron chi connectivity index (χ0n) is 25.8. The van der Waals surface area contributed by atoms with Gasteiger partial charge in [-0.05, 0) is 80.0 Å². The molecule has 1 amide bonds. The number of carbonyl (C=O) groups excluding carboxylic acids is 2. The first-order chi connectivity index (χ1) is 20.5. The number of piperazine rings is 1. The Morgan fingerprint density at radius 1 is 0.884 bits per heavy atom. The van der Waals surface area contributed by atoms with Gasteiger partial charge in [0.15, 0.2) is 0 Å². The van der Waals surface area contributed by atoms with Gasteiger partial charge in [-0.25, -0.2) is 9.59 Å². The lowest BCUT2D eigenvalue weighted by molar-refractivity contribution is 0.00578. The molecule has 0 radical (unpaired) electrons. The van der Waals surface area contributed by atoms with Gasteiger partial charge in [0.1, 0.15) is 6.61 Å². The highest BCUT2D eigenvalue weighted by Gasteiger charge is 2.52. The number of carbonyl (C=O) groups is 2. The number of amides is 1. The average molecular weight is 583 g/mol. The Bertz CT molecular complexity index is 1500. The van der Waals surface area contributed by atoms with Gasteiger partial charge in [-0.2, -0.15) is 0 Å². The Morgan fingerprint density at radius 3 is 2.00 bits per heavy atom. The number of rotatable bonds is 5. The molecule has 0 saturated carbocycles. The van der Waals surface area contributed by atoms with Crippen molar-refractivity contribution in [3.05, 3.63) is 82.9 Å².